The Morgan fingerprint density at radius 3 is 2.10 bits per heavy atom. The summed E-state index contributed by atoms with van der Waals surface area (Å²) in [6, 6.07) is 8.18. The van der Waals surface area contributed by atoms with Gasteiger partial charge in [0, 0.05) is 18.0 Å². The molecule has 1 aliphatic rings. The van der Waals surface area contributed by atoms with Crippen LogP contribution in [0.3, 0.4) is 0 Å². The van der Waals surface area contributed by atoms with E-state index in [1.807, 2.05) is 24.5 Å². The van der Waals surface area contributed by atoms with Gasteiger partial charge in [0.05, 0.1) is 6.61 Å². The van der Waals surface area contributed by atoms with Crippen molar-refractivity contribution in [3.63, 3.8) is 0 Å². The SMILES string of the molecule is CCCCCCOc1ccc(-c2ncc(CCC3CCC(CCC)CC3)cn2)cc1. The van der Waals surface area contributed by atoms with Crippen molar-refractivity contribution in [3.05, 3.63) is 42.2 Å². The van der Waals surface area contributed by atoms with Crippen LogP contribution in [0.5, 0.6) is 5.75 Å². The van der Waals surface area contributed by atoms with E-state index in [1.165, 1.54) is 69.8 Å². The number of aryl methyl sites for hydroxylation is 1. The number of aromatic nitrogens is 2. The molecule has 164 valence electrons. The highest BCUT2D eigenvalue weighted by molar-refractivity contribution is 5.55. The number of unbranched alkanes of at least 4 members (excludes halogenated alkanes) is 3. The predicted molar refractivity (Wildman–Crippen MR) is 126 cm³/mol. The summed E-state index contributed by atoms with van der Waals surface area (Å²) in [5.41, 5.74) is 2.32. The van der Waals surface area contributed by atoms with Crippen LogP contribution in [0.4, 0.5) is 0 Å². The first-order chi connectivity index (χ1) is 14.8. The third-order valence-electron chi connectivity index (χ3n) is 6.59. The van der Waals surface area contributed by atoms with Gasteiger partial charge in [0.25, 0.3) is 0 Å². The Bertz CT molecular complexity index is 703. The molecule has 0 aliphatic heterocycles. The first kappa shape index (κ1) is 22.8. The van der Waals surface area contributed by atoms with Crippen LogP contribution in [0.2, 0.25) is 0 Å². The zero-order valence-electron chi connectivity index (χ0n) is 19.1. The molecule has 0 bridgehead atoms. The monoisotopic (exact) mass is 408 g/mol. The highest BCUT2D eigenvalue weighted by Gasteiger charge is 2.20. The predicted octanol–water partition coefficient (Wildman–Crippen LogP) is 7.64. The van der Waals surface area contributed by atoms with Crippen LogP contribution >= 0.6 is 0 Å². The smallest absolute Gasteiger partial charge is 0.159 e. The van der Waals surface area contributed by atoms with Gasteiger partial charge in [0.2, 0.25) is 0 Å². The van der Waals surface area contributed by atoms with Gasteiger partial charge >= 0.3 is 0 Å². The molecular weight excluding hydrogens is 368 g/mol. The lowest BCUT2D eigenvalue weighted by Gasteiger charge is -2.28. The molecule has 1 fully saturated rings. The second kappa shape index (κ2) is 12.7. The molecule has 3 heteroatoms. The van der Waals surface area contributed by atoms with E-state index in [0.717, 1.165) is 48.4 Å². The molecule has 0 unspecified atom stereocenters. The number of nitrogens with zero attached hydrogens (tertiary/aromatic N) is 2. The van der Waals surface area contributed by atoms with Crippen molar-refractivity contribution in [1.29, 1.82) is 0 Å². The second-order valence-electron chi connectivity index (χ2n) is 9.06. The van der Waals surface area contributed by atoms with Crippen LogP contribution in [-0.2, 0) is 6.42 Å². The molecule has 0 saturated heterocycles. The minimum atomic E-state index is 0.796. The molecule has 3 rings (SSSR count). The van der Waals surface area contributed by atoms with Crippen LogP contribution < -0.4 is 4.74 Å². The van der Waals surface area contributed by atoms with Crippen LogP contribution in [-0.4, -0.2) is 16.6 Å². The Balaban J connectivity index is 1.42. The number of benzene rings is 1. The lowest BCUT2D eigenvalue weighted by atomic mass is 9.78. The Hall–Kier alpha value is -1.90. The summed E-state index contributed by atoms with van der Waals surface area (Å²) in [6.45, 7) is 5.34. The van der Waals surface area contributed by atoms with Gasteiger partial charge < -0.3 is 4.74 Å². The van der Waals surface area contributed by atoms with Crippen molar-refractivity contribution in [3.8, 4) is 17.1 Å². The number of rotatable bonds is 12. The van der Waals surface area contributed by atoms with Crippen molar-refractivity contribution >= 4 is 0 Å². The largest absolute Gasteiger partial charge is 0.494 e. The van der Waals surface area contributed by atoms with E-state index in [0.29, 0.717) is 0 Å². The Morgan fingerprint density at radius 2 is 1.47 bits per heavy atom. The summed E-state index contributed by atoms with van der Waals surface area (Å²) in [4.78, 5) is 9.25. The van der Waals surface area contributed by atoms with Crippen LogP contribution in [0.15, 0.2) is 36.7 Å². The van der Waals surface area contributed by atoms with E-state index in [1.54, 1.807) is 0 Å². The van der Waals surface area contributed by atoms with Gasteiger partial charge in [-0.05, 0) is 60.9 Å². The lowest BCUT2D eigenvalue weighted by molar-refractivity contribution is 0.252. The van der Waals surface area contributed by atoms with Crippen LogP contribution in [0.1, 0.15) is 90.0 Å². The topological polar surface area (TPSA) is 35.0 Å². The fraction of sp³-hybridized carbons (Fsp3) is 0.630. The van der Waals surface area contributed by atoms with Gasteiger partial charge in [-0.2, -0.15) is 0 Å². The Kier molecular flexibility index (Phi) is 9.66. The van der Waals surface area contributed by atoms with Gasteiger partial charge in [0.15, 0.2) is 5.82 Å². The van der Waals surface area contributed by atoms with Gasteiger partial charge in [-0.3, -0.25) is 0 Å². The normalized spacial score (nSPS) is 19.0. The van der Waals surface area contributed by atoms with Gasteiger partial charge in [0.1, 0.15) is 5.75 Å². The van der Waals surface area contributed by atoms with E-state index < -0.39 is 0 Å². The Morgan fingerprint density at radius 1 is 0.800 bits per heavy atom. The van der Waals surface area contributed by atoms with E-state index in [9.17, 15) is 0 Å². The van der Waals surface area contributed by atoms with E-state index in [4.69, 9.17) is 4.74 Å². The molecule has 0 amide bonds. The van der Waals surface area contributed by atoms with E-state index >= 15 is 0 Å². The number of hydrogen-bond donors (Lipinski definition) is 0. The second-order valence-corrected chi connectivity index (χ2v) is 9.06. The maximum Gasteiger partial charge on any atom is 0.159 e. The third-order valence-corrected chi connectivity index (χ3v) is 6.59. The molecule has 0 spiro atoms. The third kappa shape index (κ3) is 7.41. The molecule has 30 heavy (non-hydrogen) atoms. The molecule has 1 aromatic carbocycles. The summed E-state index contributed by atoms with van der Waals surface area (Å²) in [7, 11) is 0. The maximum atomic E-state index is 5.83. The summed E-state index contributed by atoms with van der Waals surface area (Å²) in [6.07, 6.45) is 19.8. The molecule has 0 N–H and O–H groups in total. The number of ether oxygens (including phenoxy) is 1. The highest BCUT2D eigenvalue weighted by Crippen LogP contribution is 2.33. The summed E-state index contributed by atoms with van der Waals surface area (Å²) >= 11 is 0. The van der Waals surface area contributed by atoms with Crippen molar-refractivity contribution in [2.75, 3.05) is 6.61 Å². The van der Waals surface area contributed by atoms with Gasteiger partial charge in [-0.15, -0.1) is 0 Å². The van der Waals surface area contributed by atoms with Crippen molar-refractivity contribution < 1.29 is 4.74 Å². The summed E-state index contributed by atoms with van der Waals surface area (Å²) < 4.78 is 5.83. The highest BCUT2D eigenvalue weighted by atomic mass is 16.5. The lowest BCUT2D eigenvalue weighted by Crippen LogP contribution is -2.15. The zero-order chi connectivity index (χ0) is 21.0. The molecule has 0 radical (unpaired) electrons. The average Bonchev–Trinajstić information content (AvgIpc) is 2.79. The van der Waals surface area contributed by atoms with E-state index in [2.05, 4.69) is 35.9 Å². The van der Waals surface area contributed by atoms with Crippen LogP contribution in [0.25, 0.3) is 11.4 Å². The quantitative estimate of drug-likeness (QED) is 0.338. The van der Waals surface area contributed by atoms with Crippen molar-refractivity contribution in [2.24, 2.45) is 11.8 Å². The van der Waals surface area contributed by atoms with E-state index in [-0.39, 0.29) is 0 Å². The average molecular weight is 409 g/mol. The fourth-order valence-electron chi connectivity index (χ4n) is 4.64. The molecule has 1 aromatic heterocycles. The fourth-order valence-corrected chi connectivity index (χ4v) is 4.64. The Labute approximate surface area is 183 Å². The molecule has 1 saturated carbocycles. The molecular formula is C27H40N2O. The summed E-state index contributed by atoms with van der Waals surface area (Å²) in [5, 5.41) is 0. The van der Waals surface area contributed by atoms with Gasteiger partial charge in [-0.1, -0.05) is 71.6 Å². The molecule has 1 heterocycles. The zero-order valence-corrected chi connectivity index (χ0v) is 19.1. The minimum Gasteiger partial charge on any atom is -0.494 e. The summed E-state index contributed by atoms with van der Waals surface area (Å²) in [5.74, 6) is 3.62. The molecule has 2 aromatic rings. The molecule has 3 nitrogen and oxygen atoms in total. The van der Waals surface area contributed by atoms with Crippen molar-refractivity contribution in [2.45, 2.75) is 90.9 Å². The minimum absolute atomic E-state index is 0.796. The maximum absolute atomic E-state index is 5.83. The molecule has 0 atom stereocenters. The van der Waals surface area contributed by atoms with Gasteiger partial charge in [-0.25, -0.2) is 9.97 Å². The standard InChI is InChI=1S/C27H40N2O/c1-3-5-6-7-19-30-26-17-15-25(16-18-26)27-28-20-24(21-29-27)14-13-23-11-9-22(8-4-2)10-12-23/h15-18,20-23H,3-14,19H2,1-2H3. The molecule has 1 aliphatic carbocycles. The first-order valence-electron chi connectivity index (χ1n) is 12.3. The first-order valence-corrected chi connectivity index (χ1v) is 12.3. The van der Waals surface area contributed by atoms with Crippen LogP contribution in [0, 0.1) is 11.8 Å². The number of hydrogen-bond acceptors (Lipinski definition) is 3. The van der Waals surface area contributed by atoms with Crippen molar-refractivity contribution in [1.82, 2.24) is 9.97 Å².